The Bertz CT molecular complexity index is 513. The smallest absolute Gasteiger partial charge is 0.305 e. The zero-order chi connectivity index (χ0) is 16.1. The van der Waals surface area contributed by atoms with Crippen LogP contribution in [0.15, 0.2) is 18.2 Å². The molecular weight excluding hydrogens is 284 g/mol. The number of carboxylic acid groups (broad SMARTS) is 1. The molecule has 0 bridgehead atoms. The van der Waals surface area contributed by atoms with Crippen LogP contribution >= 0.6 is 0 Å². The molecule has 0 aliphatic carbocycles. The first-order chi connectivity index (χ1) is 10.5. The molecule has 1 fully saturated rings. The summed E-state index contributed by atoms with van der Waals surface area (Å²) < 4.78 is 11.4. The molecule has 0 aromatic heterocycles. The number of carboxylic acids is 1. The molecular formula is C16H24N2O4. The zero-order valence-corrected chi connectivity index (χ0v) is 13.1. The molecule has 1 aromatic rings. The van der Waals surface area contributed by atoms with Gasteiger partial charge in [-0.05, 0) is 37.6 Å². The van der Waals surface area contributed by atoms with Gasteiger partial charge in [-0.25, -0.2) is 0 Å². The van der Waals surface area contributed by atoms with Crippen LogP contribution in [0.25, 0.3) is 0 Å². The van der Waals surface area contributed by atoms with Crippen molar-refractivity contribution in [1.82, 2.24) is 4.90 Å². The van der Waals surface area contributed by atoms with Gasteiger partial charge < -0.3 is 25.2 Å². The number of piperidine rings is 1. The van der Waals surface area contributed by atoms with Crippen molar-refractivity contribution in [2.45, 2.75) is 31.4 Å². The average Bonchev–Trinajstić information content (AvgIpc) is 2.49. The molecule has 3 N–H and O–H groups in total. The van der Waals surface area contributed by atoms with Gasteiger partial charge in [0.1, 0.15) is 6.10 Å². The van der Waals surface area contributed by atoms with Crippen molar-refractivity contribution in [2.75, 3.05) is 27.2 Å². The number of nitrogens with zero attached hydrogens (tertiary/aromatic N) is 1. The van der Waals surface area contributed by atoms with Crippen LogP contribution in [0.3, 0.4) is 0 Å². The Hall–Kier alpha value is -1.79. The minimum Gasteiger partial charge on any atom is -0.493 e. The summed E-state index contributed by atoms with van der Waals surface area (Å²) in [5, 5.41) is 8.86. The molecule has 122 valence electrons. The van der Waals surface area contributed by atoms with Crippen molar-refractivity contribution in [1.29, 1.82) is 0 Å². The number of methoxy groups -OCH3 is 1. The first kappa shape index (κ1) is 16.6. The second-order valence-corrected chi connectivity index (χ2v) is 5.74. The fraction of sp³-hybridized carbons (Fsp3) is 0.562. The van der Waals surface area contributed by atoms with Gasteiger partial charge in [0.25, 0.3) is 0 Å². The van der Waals surface area contributed by atoms with Gasteiger partial charge in [-0.15, -0.1) is 0 Å². The molecule has 1 heterocycles. The van der Waals surface area contributed by atoms with E-state index >= 15 is 0 Å². The lowest BCUT2D eigenvalue weighted by atomic mass is 10.0. The Morgan fingerprint density at radius 3 is 2.68 bits per heavy atom. The molecule has 2 rings (SSSR count). The summed E-state index contributed by atoms with van der Waals surface area (Å²) in [6.45, 7) is 2.01. The van der Waals surface area contributed by atoms with E-state index < -0.39 is 12.0 Å². The molecule has 0 spiro atoms. The van der Waals surface area contributed by atoms with Crippen LogP contribution in [0.1, 0.15) is 30.9 Å². The minimum atomic E-state index is -0.916. The maximum atomic E-state index is 10.8. The van der Waals surface area contributed by atoms with E-state index in [1.54, 1.807) is 25.3 Å². The van der Waals surface area contributed by atoms with E-state index in [0.29, 0.717) is 11.5 Å². The van der Waals surface area contributed by atoms with Gasteiger partial charge in [-0.3, -0.25) is 4.79 Å². The van der Waals surface area contributed by atoms with Gasteiger partial charge in [0.05, 0.1) is 13.5 Å². The lowest BCUT2D eigenvalue weighted by Crippen LogP contribution is -2.35. The highest BCUT2D eigenvalue weighted by molar-refractivity contribution is 5.68. The second-order valence-electron chi connectivity index (χ2n) is 5.74. The first-order valence-corrected chi connectivity index (χ1v) is 7.50. The van der Waals surface area contributed by atoms with Gasteiger partial charge in [0.15, 0.2) is 11.5 Å². The zero-order valence-electron chi connectivity index (χ0n) is 13.1. The number of ether oxygens (including phenoxy) is 2. The predicted octanol–water partition coefficient (Wildman–Crippen LogP) is 1.64. The molecule has 0 amide bonds. The Kier molecular flexibility index (Phi) is 5.63. The van der Waals surface area contributed by atoms with Gasteiger partial charge in [-0.2, -0.15) is 0 Å². The second kappa shape index (κ2) is 7.47. The average molecular weight is 308 g/mol. The fourth-order valence-electron chi connectivity index (χ4n) is 2.60. The molecule has 0 radical (unpaired) electrons. The van der Waals surface area contributed by atoms with E-state index in [-0.39, 0.29) is 12.5 Å². The largest absolute Gasteiger partial charge is 0.493 e. The van der Waals surface area contributed by atoms with Crippen molar-refractivity contribution in [3.05, 3.63) is 23.8 Å². The predicted molar refractivity (Wildman–Crippen MR) is 83.3 cm³/mol. The summed E-state index contributed by atoms with van der Waals surface area (Å²) in [6, 6.07) is 4.81. The van der Waals surface area contributed by atoms with Crippen molar-refractivity contribution < 1.29 is 19.4 Å². The third-order valence-electron chi connectivity index (χ3n) is 3.97. The molecule has 6 nitrogen and oxygen atoms in total. The molecule has 1 aliphatic rings. The lowest BCUT2D eigenvalue weighted by molar-refractivity contribution is -0.137. The maximum Gasteiger partial charge on any atom is 0.305 e. The molecule has 1 aromatic carbocycles. The molecule has 6 heteroatoms. The van der Waals surface area contributed by atoms with Gasteiger partial charge >= 0.3 is 5.97 Å². The van der Waals surface area contributed by atoms with Crippen molar-refractivity contribution >= 4 is 5.97 Å². The Labute approximate surface area is 130 Å². The van der Waals surface area contributed by atoms with Crippen LogP contribution in [0.4, 0.5) is 0 Å². The van der Waals surface area contributed by atoms with E-state index in [9.17, 15) is 4.79 Å². The van der Waals surface area contributed by atoms with Crippen LogP contribution in [0.5, 0.6) is 11.5 Å². The van der Waals surface area contributed by atoms with E-state index in [4.69, 9.17) is 20.3 Å². The van der Waals surface area contributed by atoms with E-state index in [1.807, 2.05) is 0 Å². The molecule has 0 saturated carbocycles. The summed E-state index contributed by atoms with van der Waals surface area (Å²) in [7, 11) is 3.69. The van der Waals surface area contributed by atoms with E-state index in [1.165, 1.54) is 0 Å². The summed E-state index contributed by atoms with van der Waals surface area (Å²) in [4.78, 5) is 13.1. The van der Waals surface area contributed by atoms with Gasteiger partial charge in [0.2, 0.25) is 0 Å². The summed E-state index contributed by atoms with van der Waals surface area (Å²) in [5.74, 6) is 0.363. The third kappa shape index (κ3) is 4.35. The Morgan fingerprint density at radius 2 is 2.09 bits per heavy atom. The van der Waals surface area contributed by atoms with Crippen LogP contribution in [-0.2, 0) is 4.79 Å². The minimum absolute atomic E-state index is 0.111. The van der Waals surface area contributed by atoms with Crippen molar-refractivity contribution in [2.24, 2.45) is 5.73 Å². The van der Waals surface area contributed by atoms with Crippen molar-refractivity contribution in [3.63, 3.8) is 0 Å². The Morgan fingerprint density at radius 1 is 1.41 bits per heavy atom. The lowest BCUT2D eigenvalue weighted by Gasteiger charge is -2.30. The van der Waals surface area contributed by atoms with Crippen LogP contribution in [-0.4, -0.2) is 49.3 Å². The number of hydrogen-bond acceptors (Lipinski definition) is 5. The highest BCUT2D eigenvalue weighted by Gasteiger charge is 2.20. The highest BCUT2D eigenvalue weighted by atomic mass is 16.5. The fourth-order valence-corrected chi connectivity index (χ4v) is 2.60. The SMILES string of the molecule is COc1ccc(C(N)CC(=O)O)cc1OC1CCN(C)CC1. The summed E-state index contributed by atoms with van der Waals surface area (Å²) >= 11 is 0. The van der Waals surface area contributed by atoms with Crippen molar-refractivity contribution in [3.8, 4) is 11.5 Å². The van der Waals surface area contributed by atoms with E-state index in [0.717, 1.165) is 31.5 Å². The highest BCUT2D eigenvalue weighted by Crippen LogP contribution is 2.32. The number of benzene rings is 1. The van der Waals surface area contributed by atoms with E-state index in [2.05, 4.69) is 11.9 Å². The topological polar surface area (TPSA) is 85.0 Å². The molecule has 1 aliphatic heterocycles. The number of rotatable bonds is 6. The number of aliphatic carboxylic acids is 1. The summed E-state index contributed by atoms with van der Waals surface area (Å²) in [5.41, 5.74) is 6.67. The normalized spacial score (nSPS) is 18.0. The standard InChI is InChI=1S/C16H24N2O4/c1-18-7-5-12(6-8-18)22-15-9-11(3-4-14(15)21-2)13(17)10-16(19)20/h3-4,9,12-13H,5-8,10,17H2,1-2H3,(H,19,20). The maximum absolute atomic E-state index is 10.8. The molecule has 1 saturated heterocycles. The number of hydrogen-bond donors (Lipinski definition) is 2. The third-order valence-corrected chi connectivity index (χ3v) is 3.97. The number of nitrogens with two attached hydrogens (primary N) is 1. The summed E-state index contributed by atoms with van der Waals surface area (Å²) in [6.07, 6.45) is 1.96. The molecule has 1 unspecified atom stereocenters. The first-order valence-electron chi connectivity index (χ1n) is 7.50. The van der Waals surface area contributed by atoms with Gasteiger partial charge in [-0.1, -0.05) is 6.07 Å². The Balaban J connectivity index is 2.12. The monoisotopic (exact) mass is 308 g/mol. The molecule has 1 atom stereocenters. The quantitative estimate of drug-likeness (QED) is 0.831. The number of carbonyl (C=O) groups is 1. The number of likely N-dealkylation sites (tertiary alicyclic amines) is 1. The van der Waals surface area contributed by atoms with Crippen LogP contribution in [0, 0.1) is 0 Å². The van der Waals surface area contributed by atoms with Gasteiger partial charge in [0, 0.05) is 19.1 Å². The van der Waals surface area contributed by atoms with Crippen LogP contribution in [0.2, 0.25) is 0 Å². The van der Waals surface area contributed by atoms with Crippen LogP contribution < -0.4 is 15.2 Å². The molecule has 22 heavy (non-hydrogen) atoms.